The molecule has 19 heteroatoms. The number of phosphoric ester groups is 2. The van der Waals surface area contributed by atoms with Crippen molar-refractivity contribution in [3.05, 3.63) is 0 Å². The van der Waals surface area contributed by atoms with Gasteiger partial charge in [-0.05, 0) is 49.4 Å². The quantitative estimate of drug-likeness (QED) is 0.0222. The Kier molecular flexibility index (Phi) is 76.2. The summed E-state index contributed by atoms with van der Waals surface area (Å²) in [6.07, 6.45) is 68.1. The van der Waals surface area contributed by atoms with Gasteiger partial charge in [0.2, 0.25) is 0 Å². The molecule has 6 atom stereocenters. The Hall–Kier alpha value is -1.94. The third kappa shape index (κ3) is 80.7. The average molecular weight is 1580 g/mol. The van der Waals surface area contributed by atoms with Crippen LogP contribution in [0, 0.1) is 23.7 Å². The van der Waals surface area contributed by atoms with Gasteiger partial charge < -0.3 is 33.8 Å². The standard InChI is InChI=1S/C89H174O17P2/c1-9-82(8)68-60-52-44-36-30-24-20-21-27-33-39-47-56-64-72-89(94)106-85(76-100-87(92)70-62-54-48-40-43-51-59-67-81(6)7)78-104-108(97,98)102-74-83(90)73-101-107(95,96)103-77-84(105-88(93)71-63-55-46-38-32-26-19-15-14-17-23-29-35-42-50-58-66-80(4)5)75-99-86(91)69-61-53-45-37-31-25-18-13-11-10-12-16-22-28-34-41-49-57-65-79(2)3/h79-85,90H,9-78H2,1-8H3,(H,95,96)(H,97,98)/t82?,83?,84-,85-/m1/s1. The highest BCUT2D eigenvalue weighted by Crippen LogP contribution is 2.45. The SMILES string of the molecule is CCC(C)CCCCCCCCCCCCCCCCC(=O)O[C@H](COC(=O)CCCCCCCCCC(C)C)COP(=O)(O)OCC(O)COP(=O)(O)OC[C@@H](COC(=O)CCCCCCCCCCCCCCCCCCCCC(C)C)OC(=O)CCCCCCCCCCCCCCCCCCC(C)C. The topological polar surface area (TPSA) is 237 Å². The van der Waals surface area contributed by atoms with Crippen molar-refractivity contribution in [1.82, 2.24) is 0 Å². The molecule has 0 aliphatic rings. The molecule has 0 aliphatic heterocycles. The number of aliphatic hydroxyl groups excluding tert-OH is 1. The Labute approximate surface area is 664 Å². The van der Waals surface area contributed by atoms with Crippen LogP contribution >= 0.6 is 15.6 Å². The molecular weight excluding hydrogens is 1400 g/mol. The summed E-state index contributed by atoms with van der Waals surface area (Å²) in [6.45, 7) is 14.4. The molecule has 0 aromatic heterocycles. The number of ether oxygens (including phenoxy) is 4. The summed E-state index contributed by atoms with van der Waals surface area (Å²) in [5.74, 6) is 1.08. The van der Waals surface area contributed by atoms with Crippen LogP contribution in [0.4, 0.5) is 0 Å². The fourth-order valence-corrected chi connectivity index (χ4v) is 15.4. The van der Waals surface area contributed by atoms with Gasteiger partial charge in [-0.2, -0.15) is 0 Å². The number of carbonyl (C=O) groups excluding carboxylic acids is 4. The second kappa shape index (κ2) is 77.6. The lowest BCUT2D eigenvalue weighted by Gasteiger charge is -2.21. The molecule has 0 aromatic rings. The Morgan fingerprint density at radius 1 is 0.259 bits per heavy atom. The number of rotatable bonds is 86. The van der Waals surface area contributed by atoms with Crippen molar-refractivity contribution < 1.29 is 80.2 Å². The van der Waals surface area contributed by atoms with Crippen LogP contribution in [-0.4, -0.2) is 96.7 Å². The van der Waals surface area contributed by atoms with Crippen LogP contribution in [0.2, 0.25) is 0 Å². The van der Waals surface area contributed by atoms with Gasteiger partial charge in [0.1, 0.15) is 19.3 Å². The fourth-order valence-electron chi connectivity index (χ4n) is 13.8. The van der Waals surface area contributed by atoms with Gasteiger partial charge in [-0.3, -0.25) is 37.3 Å². The third-order valence-corrected chi connectivity index (χ3v) is 23.1. The molecule has 0 saturated heterocycles. The van der Waals surface area contributed by atoms with Gasteiger partial charge in [-0.1, -0.05) is 415 Å². The van der Waals surface area contributed by atoms with E-state index in [1.807, 2.05) is 0 Å². The van der Waals surface area contributed by atoms with Gasteiger partial charge in [0.05, 0.1) is 26.4 Å². The molecule has 0 amide bonds. The van der Waals surface area contributed by atoms with E-state index in [1.54, 1.807) is 0 Å². The Morgan fingerprint density at radius 3 is 0.657 bits per heavy atom. The van der Waals surface area contributed by atoms with Gasteiger partial charge in [-0.25, -0.2) is 9.13 Å². The number of esters is 4. The molecule has 0 aliphatic carbocycles. The Balaban J connectivity index is 5.23. The number of unbranched alkanes of at least 4 members (excludes halogenated alkanes) is 51. The first-order valence-corrected chi connectivity index (χ1v) is 48.7. The normalized spacial score (nSPS) is 14.1. The van der Waals surface area contributed by atoms with Crippen molar-refractivity contribution in [1.29, 1.82) is 0 Å². The first-order chi connectivity index (χ1) is 52.1. The third-order valence-electron chi connectivity index (χ3n) is 21.2. The molecule has 642 valence electrons. The minimum atomic E-state index is -4.97. The van der Waals surface area contributed by atoms with E-state index in [9.17, 15) is 43.2 Å². The van der Waals surface area contributed by atoms with E-state index in [4.69, 9.17) is 37.0 Å². The van der Waals surface area contributed by atoms with Gasteiger partial charge in [0.25, 0.3) is 0 Å². The van der Waals surface area contributed by atoms with Crippen LogP contribution in [0.1, 0.15) is 466 Å². The molecule has 0 fully saturated rings. The first-order valence-electron chi connectivity index (χ1n) is 45.7. The van der Waals surface area contributed by atoms with Crippen LogP contribution in [0.25, 0.3) is 0 Å². The maximum atomic E-state index is 13.2. The lowest BCUT2D eigenvalue weighted by Crippen LogP contribution is -2.30. The average Bonchev–Trinajstić information content (AvgIpc) is 0.910. The van der Waals surface area contributed by atoms with Gasteiger partial charge >= 0.3 is 39.5 Å². The zero-order valence-electron chi connectivity index (χ0n) is 71.5. The molecule has 0 radical (unpaired) electrons. The number of hydrogen-bond donors (Lipinski definition) is 3. The number of phosphoric acid groups is 2. The minimum absolute atomic E-state index is 0.107. The number of aliphatic hydroxyl groups is 1. The second-order valence-electron chi connectivity index (χ2n) is 33.7. The maximum absolute atomic E-state index is 13.2. The highest BCUT2D eigenvalue weighted by Gasteiger charge is 2.31. The number of hydrogen-bond acceptors (Lipinski definition) is 15. The summed E-state index contributed by atoms with van der Waals surface area (Å²) in [4.78, 5) is 73.3. The lowest BCUT2D eigenvalue weighted by atomic mass is 9.99. The second-order valence-corrected chi connectivity index (χ2v) is 36.6. The lowest BCUT2D eigenvalue weighted by molar-refractivity contribution is -0.161. The van der Waals surface area contributed by atoms with E-state index in [0.29, 0.717) is 31.6 Å². The summed E-state index contributed by atoms with van der Waals surface area (Å²) < 4.78 is 69.0. The van der Waals surface area contributed by atoms with Crippen molar-refractivity contribution in [3.8, 4) is 0 Å². The van der Waals surface area contributed by atoms with Crippen LogP contribution in [0.15, 0.2) is 0 Å². The zero-order valence-corrected chi connectivity index (χ0v) is 73.3. The Bertz CT molecular complexity index is 2100. The summed E-state index contributed by atoms with van der Waals surface area (Å²) in [6, 6.07) is 0. The van der Waals surface area contributed by atoms with Crippen LogP contribution < -0.4 is 0 Å². The summed E-state index contributed by atoms with van der Waals surface area (Å²) >= 11 is 0. The molecule has 0 heterocycles. The van der Waals surface area contributed by atoms with Crippen LogP contribution in [0.3, 0.4) is 0 Å². The van der Waals surface area contributed by atoms with E-state index in [2.05, 4.69) is 55.4 Å². The molecule has 0 saturated carbocycles. The fraction of sp³-hybridized carbons (Fsp3) is 0.955. The van der Waals surface area contributed by atoms with Crippen LogP contribution in [-0.2, 0) is 65.4 Å². The van der Waals surface area contributed by atoms with Gasteiger partial charge in [-0.15, -0.1) is 0 Å². The van der Waals surface area contributed by atoms with Crippen molar-refractivity contribution in [2.45, 2.75) is 485 Å². The number of carbonyl (C=O) groups is 4. The Morgan fingerprint density at radius 2 is 0.444 bits per heavy atom. The predicted molar refractivity (Wildman–Crippen MR) is 446 cm³/mol. The highest BCUT2D eigenvalue weighted by atomic mass is 31.2. The molecule has 0 aromatic carbocycles. The molecule has 3 N–H and O–H groups in total. The molecule has 0 spiro atoms. The first kappa shape index (κ1) is 106. The van der Waals surface area contributed by atoms with E-state index < -0.39 is 97.5 Å². The molecule has 0 rings (SSSR count). The minimum Gasteiger partial charge on any atom is -0.462 e. The van der Waals surface area contributed by atoms with Crippen LogP contribution in [0.5, 0.6) is 0 Å². The van der Waals surface area contributed by atoms with E-state index in [0.717, 1.165) is 114 Å². The van der Waals surface area contributed by atoms with E-state index >= 15 is 0 Å². The maximum Gasteiger partial charge on any atom is 0.472 e. The summed E-state index contributed by atoms with van der Waals surface area (Å²) in [5, 5.41) is 10.7. The van der Waals surface area contributed by atoms with Gasteiger partial charge in [0, 0.05) is 25.7 Å². The molecular formula is C89H174O17P2. The molecule has 4 unspecified atom stereocenters. The monoisotopic (exact) mass is 1580 g/mol. The van der Waals surface area contributed by atoms with Gasteiger partial charge in [0.15, 0.2) is 12.2 Å². The summed E-state index contributed by atoms with van der Waals surface area (Å²) in [5.41, 5.74) is 0. The van der Waals surface area contributed by atoms with Crippen molar-refractivity contribution in [3.63, 3.8) is 0 Å². The molecule has 17 nitrogen and oxygen atoms in total. The van der Waals surface area contributed by atoms with Crippen molar-refractivity contribution in [2.75, 3.05) is 39.6 Å². The van der Waals surface area contributed by atoms with Crippen molar-refractivity contribution >= 4 is 39.5 Å². The highest BCUT2D eigenvalue weighted by molar-refractivity contribution is 7.47. The molecule has 108 heavy (non-hydrogen) atoms. The van der Waals surface area contributed by atoms with Crippen molar-refractivity contribution in [2.24, 2.45) is 23.7 Å². The predicted octanol–water partition coefficient (Wildman–Crippen LogP) is 27.1. The smallest absolute Gasteiger partial charge is 0.462 e. The van der Waals surface area contributed by atoms with E-state index in [1.165, 1.54) is 263 Å². The van der Waals surface area contributed by atoms with E-state index in [-0.39, 0.29) is 25.7 Å². The molecule has 0 bridgehead atoms. The zero-order chi connectivity index (χ0) is 79.5. The largest absolute Gasteiger partial charge is 0.472 e. The summed E-state index contributed by atoms with van der Waals surface area (Å²) in [7, 11) is -9.93.